The van der Waals surface area contributed by atoms with E-state index in [-0.39, 0.29) is 17.9 Å². The normalized spacial score (nSPS) is 20.5. The Balaban J connectivity index is 1.63. The van der Waals surface area contributed by atoms with Crippen LogP contribution >= 0.6 is 0 Å². The molecule has 1 aliphatic rings. The smallest absolute Gasteiger partial charge is 0.253 e. The Hall–Kier alpha value is -2.99. The zero-order valence-electron chi connectivity index (χ0n) is 15.3. The summed E-state index contributed by atoms with van der Waals surface area (Å²) in [6.45, 7) is 1.83. The van der Waals surface area contributed by atoms with Gasteiger partial charge in [0.2, 0.25) is 5.95 Å². The third-order valence-corrected chi connectivity index (χ3v) is 5.23. The summed E-state index contributed by atoms with van der Waals surface area (Å²) in [5.41, 5.74) is 8.11. The summed E-state index contributed by atoms with van der Waals surface area (Å²) in [6.07, 6.45) is 2.66. The van der Waals surface area contributed by atoms with Crippen molar-refractivity contribution in [2.45, 2.75) is 18.4 Å². The molecule has 2 aromatic carbocycles. The molecule has 1 saturated heterocycles. The summed E-state index contributed by atoms with van der Waals surface area (Å²) in [4.78, 5) is 23.6. The number of nitrogens with one attached hydrogen (secondary N) is 1. The number of benzene rings is 2. The van der Waals surface area contributed by atoms with Crippen molar-refractivity contribution < 1.29 is 4.79 Å². The van der Waals surface area contributed by atoms with Crippen LogP contribution in [0.4, 0.5) is 5.95 Å². The number of nitrogens with zero attached hydrogens (tertiary/aromatic N) is 3. The number of piperidine rings is 1. The van der Waals surface area contributed by atoms with Gasteiger partial charge in [-0.15, -0.1) is 0 Å². The van der Waals surface area contributed by atoms with Gasteiger partial charge >= 0.3 is 0 Å². The van der Waals surface area contributed by atoms with Crippen molar-refractivity contribution in [3.63, 3.8) is 0 Å². The number of hydrogen-bond acceptors (Lipinski definition) is 5. The van der Waals surface area contributed by atoms with Crippen molar-refractivity contribution in [1.82, 2.24) is 20.2 Å². The highest BCUT2D eigenvalue weighted by molar-refractivity contribution is 6.05. The van der Waals surface area contributed by atoms with Crippen LogP contribution in [0.15, 0.2) is 54.7 Å². The standard InChI is InChI=1S/C21H23N5O/c1-26-11-10-16(14-6-3-2-4-7-14)18(13-26)24-20(27)17-9-5-8-15-12-23-21(22)25-19(15)17/h2-9,12,16,18H,10-11,13H2,1H3,(H,24,27)(H2,22,23,25). The van der Waals surface area contributed by atoms with Crippen molar-refractivity contribution in [1.29, 1.82) is 0 Å². The van der Waals surface area contributed by atoms with Gasteiger partial charge in [0.25, 0.3) is 5.91 Å². The van der Waals surface area contributed by atoms with Crippen molar-refractivity contribution >= 4 is 22.8 Å². The number of anilines is 1. The number of likely N-dealkylation sites (tertiary alicyclic amines) is 1. The quantitative estimate of drug-likeness (QED) is 0.748. The maximum absolute atomic E-state index is 13.1. The second kappa shape index (κ2) is 7.32. The number of nitrogen functional groups attached to an aromatic ring is 1. The molecule has 3 N–H and O–H groups in total. The molecule has 0 aliphatic carbocycles. The van der Waals surface area contributed by atoms with Crippen molar-refractivity contribution in [3.8, 4) is 0 Å². The molecule has 0 spiro atoms. The number of aromatic nitrogens is 2. The lowest BCUT2D eigenvalue weighted by atomic mass is 9.85. The molecule has 6 nitrogen and oxygen atoms in total. The number of rotatable bonds is 3. The highest BCUT2D eigenvalue weighted by Gasteiger charge is 2.30. The zero-order chi connectivity index (χ0) is 18.8. The lowest BCUT2D eigenvalue weighted by molar-refractivity contribution is 0.0901. The van der Waals surface area contributed by atoms with E-state index in [1.165, 1.54) is 5.56 Å². The molecule has 2 heterocycles. The summed E-state index contributed by atoms with van der Waals surface area (Å²) in [5, 5.41) is 4.05. The van der Waals surface area contributed by atoms with E-state index in [0.29, 0.717) is 17.0 Å². The molecule has 0 saturated carbocycles. The van der Waals surface area contributed by atoms with Crippen LogP contribution in [0.1, 0.15) is 28.3 Å². The topological polar surface area (TPSA) is 84.1 Å². The average molecular weight is 361 g/mol. The van der Waals surface area contributed by atoms with Crippen LogP contribution in [0.5, 0.6) is 0 Å². The van der Waals surface area contributed by atoms with E-state index in [4.69, 9.17) is 5.73 Å². The van der Waals surface area contributed by atoms with Gasteiger partial charge in [0.1, 0.15) is 0 Å². The van der Waals surface area contributed by atoms with Gasteiger partial charge in [-0.05, 0) is 31.6 Å². The number of carbonyl (C=O) groups excluding carboxylic acids is 1. The molecule has 1 fully saturated rings. The molecular weight excluding hydrogens is 338 g/mol. The monoisotopic (exact) mass is 361 g/mol. The number of fused-ring (bicyclic) bond motifs is 1. The first-order valence-electron chi connectivity index (χ1n) is 9.17. The molecule has 3 aromatic rings. The summed E-state index contributed by atoms with van der Waals surface area (Å²) in [7, 11) is 2.09. The minimum Gasteiger partial charge on any atom is -0.368 e. The Morgan fingerprint density at radius 3 is 2.81 bits per heavy atom. The van der Waals surface area contributed by atoms with Gasteiger partial charge in [-0.2, -0.15) is 0 Å². The minimum atomic E-state index is -0.125. The third-order valence-electron chi connectivity index (χ3n) is 5.23. The molecule has 138 valence electrons. The first kappa shape index (κ1) is 17.4. The van der Waals surface area contributed by atoms with E-state index < -0.39 is 0 Å². The van der Waals surface area contributed by atoms with Gasteiger partial charge in [0.15, 0.2) is 0 Å². The van der Waals surface area contributed by atoms with Crippen LogP contribution in [0.2, 0.25) is 0 Å². The lowest BCUT2D eigenvalue weighted by Crippen LogP contribution is -2.50. The van der Waals surface area contributed by atoms with Crippen molar-refractivity contribution in [2.75, 3.05) is 25.9 Å². The predicted octanol–water partition coefficient (Wildman–Crippen LogP) is 2.43. The van der Waals surface area contributed by atoms with Gasteiger partial charge in [0, 0.05) is 30.1 Å². The number of nitrogens with two attached hydrogens (primary N) is 1. The van der Waals surface area contributed by atoms with Crippen molar-refractivity contribution in [3.05, 3.63) is 65.9 Å². The number of para-hydroxylation sites is 1. The molecule has 27 heavy (non-hydrogen) atoms. The zero-order valence-corrected chi connectivity index (χ0v) is 15.3. The van der Waals surface area contributed by atoms with E-state index in [0.717, 1.165) is 24.9 Å². The number of carbonyl (C=O) groups is 1. The maximum atomic E-state index is 13.1. The van der Waals surface area contributed by atoms with E-state index in [1.807, 2.05) is 18.2 Å². The minimum absolute atomic E-state index is 0.0353. The largest absolute Gasteiger partial charge is 0.368 e. The second-order valence-electron chi connectivity index (χ2n) is 7.12. The van der Waals surface area contributed by atoms with E-state index >= 15 is 0 Å². The van der Waals surface area contributed by atoms with Gasteiger partial charge < -0.3 is 16.0 Å². The molecule has 2 unspecified atom stereocenters. The van der Waals surface area contributed by atoms with Crippen molar-refractivity contribution in [2.24, 2.45) is 0 Å². The fraction of sp³-hybridized carbons (Fsp3) is 0.286. The van der Waals surface area contributed by atoms with Gasteiger partial charge in [-0.25, -0.2) is 9.97 Å². The third kappa shape index (κ3) is 3.61. The maximum Gasteiger partial charge on any atom is 0.253 e. The molecule has 6 heteroatoms. The van der Waals surface area contributed by atoms with Crippen LogP contribution in [0.3, 0.4) is 0 Å². The SMILES string of the molecule is CN1CCC(c2ccccc2)C(NC(=O)c2cccc3cnc(N)nc23)C1. The second-order valence-corrected chi connectivity index (χ2v) is 7.12. The van der Waals surface area contributed by atoms with Crippen LogP contribution < -0.4 is 11.1 Å². The Morgan fingerprint density at radius 1 is 1.19 bits per heavy atom. The van der Waals surface area contributed by atoms with E-state index in [2.05, 4.69) is 51.5 Å². The first-order chi connectivity index (χ1) is 13.1. The van der Waals surface area contributed by atoms with E-state index in [9.17, 15) is 4.79 Å². The van der Waals surface area contributed by atoms with Gasteiger partial charge in [-0.1, -0.05) is 42.5 Å². The van der Waals surface area contributed by atoms with Crippen LogP contribution in [0, 0.1) is 0 Å². The molecule has 1 amide bonds. The summed E-state index contributed by atoms with van der Waals surface area (Å²) in [5.74, 6) is 0.336. The molecule has 1 aliphatic heterocycles. The average Bonchev–Trinajstić information content (AvgIpc) is 2.68. The predicted molar refractivity (Wildman–Crippen MR) is 107 cm³/mol. The molecule has 2 atom stereocenters. The lowest BCUT2D eigenvalue weighted by Gasteiger charge is -2.37. The van der Waals surface area contributed by atoms with Gasteiger partial charge in [0.05, 0.1) is 11.1 Å². The molecular formula is C21H23N5O. The number of likely N-dealkylation sites (N-methyl/N-ethyl adjacent to an activating group) is 1. The Bertz CT molecular complexity index is 959. The number of amides is 1. The van der Waals surface area contributed by atoms with E-state index in [1.54, 1.807) is 12.3 Å². The fourth-order valence-electron chi connectivity index (χ4n) is 3.86. The highest BCUT2D eigenvalue weighted by Crippen LogP contribution is 2.28. The van der Waals surface area contributed by atoms with Gasteiger partial charge in [-0.3, -0.25) is 4.79 Å². The molecule has 4 rings (SSSR count). The van der Waals surface area contributed by atoms with Crippen LogP contribution in [-0.2, 0) is 0 Å². The number of hydrogen-bond donors (Lipinski definition) is 2. The summed E-state index contributed by atoms with van der Waals surface area (Å²) in [6, 6.07) is 16.0. The molecule has 0 radical (unpaired) electrons. The molecule has 0 bridgehead atoms. The molecule has 1 aromatic heterocycles. The summed E-state index contributed by atoms with van der Waals surface area (Å²) >= 11 is 0. The Labute approximate surface area is 158 Å². The Kier molecular flexibility index (Phi) is 4.73. The summed E-state index contributed by atoms with van der Waals surface area (Å²) < 4.78 is 0. The first-order valence-corrected chi connectivity index (χ1v) is 9.17. The fourth-order valence-corrected chi connectivity index (χ4v) is 3.86. The van der Waals surface area contributed by atoms with Crippen LogP contribution in [0.25, 0.3) is 10.9 Å². The Morgan fingerprint density at radius 2 is 2.00 bits per heavy atom. The highest BCUT2D eigenvalue weighted by atomic mass is 16.1. The van der Waals surface area contributed by atoms with Crippen LogP contribution in [-0.4, -0.2) is 47.0 Å².